The van der Waals surface area contributed by atoms with E-state index in [-0.39, 0.29) is 16.2 Å². The SMILES string of the molecule is Cc1c(C(=O)NC2CCCCC2)csc1S(=O)(=O)Cl. The van der Waals surface area contributed by atoms with Crippen molar-refractivity contribution in [1.82, 2.24) is 5.32 Å². The number of hydrogen-bond acceptors (Lipinski definition) is 4. The van der Waals surface area contributed by atoms with E-state index in [9.17, 15) is 13.2 Å². The van der Waals surface area contributed by atoms with Crippen LogP contribution in [0.3, 0.4) is 0 Å². The summed E-state index contributed by atoms with van der Waals surface area (Å²) in [4.78, 5) is 12.1. The first-order valence-corrected chi connectivity index (χ1v) is 9.42. The van der Waals surface area contributed by atoms with E-state index in [1.54, 1.807) is 12.3 Å². The molecule has 1 aromatic rings. The Morgan fingerprint density at radius 2 is 2.00 bits per heavy atom. The van der Waals surface area contributed by atoms with Crippen LogP contribution in [-0.4, -0.2) is 20.4 Å². The van der Waals surface area contributed by atoms with Crippen LogP contribution in [0.1, 0.15) is 48.0 Å². The Kier molecular flexibility index (Phi) is 4.53. The summed E-state index contributed by atoms with van der Waals surface area (Å²) in [7, 11) is 1.56. The van der Waals surface area contributed by atoms with E-state index in [4.69, 9.17) is 10.7 Å². The Hall–Kier alpha value is -0.590. The Morgan fingerprint density at radius 3 is 2.53 bits per heavy atom. The van der Waals surface area contributed by atoms with E-state index in [0.29, 0.717) is 11.1 Å². The summed E-state index contributed by atoms with van der Waals surface area (Å²) in [6.07, 6.45) is 5.48. The van der Waals surface area contributed by atoms with Crippen molar-refractivity contribution >= 4 is 37.0 Å². The van der Waals surface area contributed by atoms with Crippen LogP contribution in [0.2, 0.25) is 0 Å². The number of carbonyl (C=O) groups is 1. The number of hydrogen-bond donors (Lipinski definition) is 1. The minimum atomic E-state index is -3.77. The van der Waals surface area contributed by atoms with Gasteiger partial charge in [0.05, 0.1) is 5.56 Å². The molecule has 0 saturated heterocycles. The molecule has 0 unspecified atom stereocenters. The van der Waals surface area contributed by atoms with Crippen LogP contribution >= 0.6 is 22.0 Å². The molecule has 2 rings (SSSR count). The lowest BCUT2D eigenvalue weighted by Gasteiger charge is -2.22. The lowest BCUT2D eigenvalue weighted by Crippen LogP contribution is -2.36. The standard InChI is InChI=1S/C12H16ClNO3S2/c1-8-10(7-18-12(8)19(13,16)17)11(15)14-9-5-3-2-4-6-9/h7,9H,2-6H2,1H3,(H,14,15). The highest BCUT2D eigenvalue weighted by atomic mass is 35.7. The molecule has 1 N–H and O–H groups in total. The van der Waals surface area contributed by atoms with Crippen LogP contribution in [0.15, 0.2) is 9.59 Å². The zero-order valence-electron chi connectivity index (χ0n) is 10.6. The Labute approximate surface area is 121 Å². The number of nitrogens with one attached hydrogen (secondary N) is 1. The molecule has 1 aromatic heterocycles. The number of carbonyl (C=O) groups excluding carboxylic acids is 1. The molecule has 1 amide bonds. The topological polar surface area (TPSA) is 63.2 Å². The predicted octanol–water partition coefficient (Wildman–Crippen LogP) is 3.05. The normalized spacial score (nSPS) is 17.4. The molecule has 19 heavy (non-hydrogen) atoms. The molecule has 1 fully saturated rings. The van der Waals surface area contributed by atoms with Gasteiger partial charge < -0.3 is 5.32 Å². The second-order valence-corrected chi connectivity index (χ2v) is 8.45. The highest BCUT2D eigenvalue weighted by Gasteiger charge is 2.23. The maximum atomic E-state index is 12.1. The van der Waals surface area contributed by atoms with Crippen LogP contribution in [-0.2, 0) is 9.05 Å². The van der Waals surface area contributed by atoms with Crippen LogP contribution in [0.25, 0.3) is 0 Å². The Morgan fingerprint density at radius 1 is 1.37 bits per heavy atom. The summed E-state index contributed by atoms with van der Waals surface area (Å²) in [5, 5.41) is 4.53. The van der Waals surface area contributed by atoms with Gasteiger partial charge in [-0.3, -0.25) is 4.79 Å². The van der Waals surface area contributed by atoms with Crippen molar-refractivity contribution in [2.45, 2.75) is 49.3 Å². The summed E-state index contributed by atoms with van der Waals surface area (Å²) in [6.45, 7) is 1.61. The summed E-state index contributed by atoms with van der Waals surface area (Å²) in [6, 6.07) is 0.205. The smallest absolute Gasteiger partial charge is 0.271 e. The van der Waals surface area contributed by atoms with Gasteiger partial charge in [-0.05, 0) is 25.3 Å². The molecule has 0 bridgehead atoms. The number of amides is 1. The van der Waals surface area contributed by atoms with E-state index < -0.39 is 9.05 Å². The van der Waals surface area contributed by atoms with E-state index in [2.05, 4.69) is 5.32 Å². The molecule has 1 aliphatic rings. The van der Waals surface area contributed by atoms with E-state index >= 15 is 0 Å². The first-order chi connectivity index (χ1) is 8.89. The molecule has 1 heterocycles. The molecule has 0 aliphatic heterocycles. The average Bonchev–Trinajstić information content (AvgIpc) is 2.72. The highest BCUT2D eigenvalue weighted by Crippen LogP contribution is 2.29. The van der Waals surface area contributed by atoms with Gasteiger partial charge in [0.2, 0.25) is 0 Å². The number of thiophene rings is 1. The van der Waals surface area contributed by atoms with Gasteiger partial charge in [0, 0.05) is 22.1 Å². The van der Waals surface area contributed by atoms with Gasteiger partial charge >= 0.3 is 0 Å². The average molecular weight is 322 g/mol. The number of rotatable bonds is 3. The minimum absolute atomic E-state index is 0.0583. The highest BCUT2D eigenvalue weighted by molar-refractivity contribution is 8.15. The third-order valence-electron chi connectivity index (χ3n) is 3.40. The van der Waals surface area contributed by atoms with E-state index in [0.717, 1.165) is 37.0 Å². The molecule has 1 saturated carbocycles. The molecule has 0 spiro atoms. The molecular formula is C12H16ClNO3S2. The fourth-order valence-corrected chi connectivity index (χ4v) is 4.92. The fraction of sp³-hybridized carbons (Fsp3) is 0.583. The van der Waals surface area contributed by atoms with Gasteiger partial charge in [0.15, 0.2) is 0 Å². The lowest BCUT2D eigenvalue weighted by atomic mass is 9.95. The maximum Gasteiger partial charge on any atom is 0.271 e. The molecule has 4 nitrogen and oxygen atoms in total. The first-order valence-electron chi connectivity index (χ1n) is 6.23. The van der Waals surface area contributed by atoms with Crippen molar-refractivity contribution in [1.29, 1.82) is 0 Å². The van der Waals surface area contributed by atoms with Gasteiger partial charge in [-0.2, -0.15) is 0 Å². The van der Waals surface area contributed by atoms with E-state index in [1.807, 2.05) is 0 Å². The third kappa shape index (κ3) is 3.49. The van der Waals surface area contributed by atoms with Crippen molar-refractivity contribution in [2.24, 2.45) is 0 Å². The van der Waals surface area contributed by atoms with Crippen molar-refractivity contribution < 1.29 is 13.2 Å². The minimum Gasteiger partial charge on any atom is -0.349 e. The van der Waals surface area contributed by atoms with Crippen LogP contribution < -0.4 is 5.32 Å². The lowest BCUT2D eigenvalue weighted by molar-refractivity contribution is 0.0927. The van der Waals surface area contributed by atoms with Crippen molar-refractivity contribution in [3.8, 4) is 0 Å². The van der Waals surface area contributed by atoms with Gasteiger partial charge in [-0.15, -0.1) is 11.3 Å². The summed E-state index contributed by atoms with van der Waals surface area (Å²) in [5.41, 5.74) is 0.850. The quantitative estimate of drug-likeness (QED) is 0.870. The Balaban J connectivity index is 2.13. The maximum absolute atomic E-state index is 12.1. The van der Waals surface area contributed by atoms with Crippen molar-refractivity contribution in [3.05, 3.63) is 16.5 Å². The van der Waals surface area contributed by atoms with Crippen molar-refractivity contribution in [2.75, 3.05) is 0 Å². The van der Waals surface area contributed by atoms with Gasteiger partial charge in [0.25, 0.3) is 15.0 Å². The van der Waals surface area contributed by atoms with Crippen LogP contribution in [0.5, 0.6) is 0 Å². The molecular weight excluding hydrogens is 306 g/mol. The van der Waals surface area contributed by atoms with Crippen molar-refractivity contribution in [3.63, 3.8) is 0 Å². The third-order valence-corrected chi connectivity index (χ3v) is 6.71. The second kappa shape index (κ2) is 5.81. The molecule has 0 atom stereocenters. The number of halogens is 1. The largest absolute Gasteiger partial charge is 0.349 e. The summed E-state index contributed by atoms with van der Waals surface area (Å²) in [5.74, 6) is -0.202. The molecule has 106 valence electrons. The summed E-state index contributed by atoms with van der Waals surface area (Å²) >= 11 is 0.993. The molecule has 0 aromatic carbocycles. The van der Waals surface area contributed by atoms with Crippen LogP contribution in [0, 0.1) is 6.92 Å². The Bertz CT molecular complexity index is 574. The van der Waals surface area contributed by atoms with E-state index in [1.165, 1.54) is 6.42 Å². The van der Waals surface area contributed by atoms with Gasteiger partial charge in [-0.25, -0.2) is 8.42 Å². The van der Waals surface area contributed by atoms with Gasteiger partial charge in [-0.1, -0.05) is 19.3 Å². The van der Waals surface area contributed by atoms with Crippen LogP contribution in [0.4, 0.5) is 0 Å². The molecule has 7 heteroatoms. The van der Waals surface area contributed by atoms with Gasteiger partial charge in [0.1, 0.15) is 4.21 Å². The fourth-order valence-electron chi connectivity index (χ4n) is 2.37. The molecule has 1 aliphatic carbocycles. The first kappa shape index (κ1) is 14.8. The summed E-state index contributed by atoms with van der Waals surface area (Å²) < 4.78 is 22.7. The zero-order valence-corrected chi connectivity index (χ0v) is 13.0. The monoisotopic (exact) mass is 321 g/mol. The molecule has 0 radical (unpaired) electrons. The predicted molar refractivity (Wildman–Crippen MR) is 76.4 cm³/mol. The zero-order chi connectivity index (χ0) is 14.0. The second-order valence-electron chi connectivity index (χ2n) is 4.81.